The Balaban J connectivity index is 2.27. The molecule has 2 heterocycles. The van der Waals surface area contributed by atoms with Gasteiger partial charge in [-0.15, -0.1) is 22.7 Å². The summed E-state index contributed by atoms with van der Waals surface area (Å²) >= 11 is 3.12. The van der Waals surface area contributed by atoms with Crippen molar-refractivity contribution in [2.75, 3.05) is 0 Å². The quantitative estimate of drug-likeness (QED) is 0.796. The number of nitrogens with zero attached hydrogens (tertiary/aromatic N) is 2. The summed E-state index contributed by atoms with van der Waals surface area (Å²) < 4.78 is 0. The summed E-state index contributed by atoms with van der Waals surface area (Å²) in [7, 11) is 0. The smallest absolute Gasteiger partial charge is 0.116 e. The van der Waals surface area contributed by atoms with E-state index in [2.05, 4.69) is 9.97 Å². The number of hydrogen-bond acceptors (Lipinski definition) is 5. The van der Waals surface area contributed by atoms with Crippen LogP contribution in [0.4, 0.5) is 0 Å². The van der Waals surface area contributed by atoms with E-state index in [1.807, 2.05) is 10.8 Å². The Morgan fingerprint density at radius 1 is 1.08 bits per heavy atom. The van der Waals surface area contributed by atoms with Gasteiger partial charge in [0.15, 0.2) is 0 Å². The first kappa shape index (κ1) is 7.85. The van der Waals surface area contributed by atoms with Crippen LogP contribution in [0.2, 0.25) is 0 Å². The summed E-state index contributed by atoms with van der Waals surface area (Å²) in [4.78, 5) is 8.26. The lowest BCUT2D eigenvalue weighted by Crippen LogP contribution is -2.10. The van der Waals surface area contributed by atoms with Crippen molar-refractivity contribution in [2.24, 2.45) is 5.73 Å². The molecule has 0 saturated heterocycles. The summed E-state index contributed by atoms with van der Waals surface area (Å²) in [5, 5.41) is 5.68. The molecule has 2 aromatic heterocycles. The van der Waals surface area contributed by atoms with Gasteiger partial charge in [-0.05, 0) is 0 Å². The number of hydrogen-bond donors (Lipinski definition) is 1. The summed E-state index contributed by atoms with van der Waals surface area (Å²) in [5.41, 5.74) is 5.90. The lowest BCUT2D eigenvalue weighted by molar-refractivity contribution is 0.845. The van der Waals surface area contributed by atoms with Gasteiger partial charge in [-0.3, -0.25) is 0 Å². The monoisotopic (exact) mass is 197 g/mol. The van der Waals surface area contributed by atoms with Crippen molar-refractivity contribution in [3.8, 4) is 0 Å². The molecule has 0 amide bonds. The zero-order chi connectivity index (χ0) is 8.39. The molecule has 0 aliphatic rings. The minimum Gasteiger partial charge on any atom is -0.316 e. The van der Waals surface area contributed by atoms with Gasteiger partial charge in [0, 0.05) is 23.2 Å². The first-order valence-electron chi connectivity index (χ1n) is 3.42. The molecule has 0 aromatic carbocycles. The molecule has 0 aliphatic heterocycles. The van der Waals surface area contributed by atoms with E-state index in [-0.39, 0.29) is 6.04 Å². The van der Waals surface area contributed by atoms with E-state index >= 15 is 0 Å². The Labute approximate surface area is 77.9 Å². The number of nitrogens with two attached hydrogens (primary N) is 1. The lowest BCUT2D eigenvalue weighted by atomic mass is 10.3. The average Bonchev–Trinajstić information content (AvgIpc) is 2.77. The molecule has 12 heavy (non-hydrogen) atoms. The maximum absolute atomic E-state index is 5.90. The predicted molar refractivity (Wildman–Crippen MR) is 50.3 cm³/mol. The van der Waals surface area contributed by atoms with Gasteiger partial charge in [-0.1, -0.05) is 0 Å². The van der Waals surface area contributed by atoms with E-state index in [0.29, 0.717) is 0 Å². The van der Waals surface area contributed by atoms with E-state index in [1.54, 1.807) is 35.1 Å². The topological polar surface area (TPSA) is 51.8 Å². The average molecular weight is 197 g/mol. The molecule has 2 N–H and O–H groups in total. The zero-order valence-electron chi connectivity index (χ0n) is 6.18. The van der Waals surface area contributed by atoms with Gasteiger partial charge >= 0.3 is 0 Å². The third kappa shape index (κ3) is 1.38. The Kier molecular flexibility index (Phi) is 2.16. The summed E-state index contributed by atoms with van der Waals surface area (Å²) in [6, 6.07) is -0.148. The van der Waals surface area contributed by atoms with Crippen LogP contribution in [0.15, 0.2) is 23.2 Å². The highest BCUT2D eigenvalue weighted by molar-refractivity contribution is 7.11. The molecule has 2 aromatic rings. The van der Waals surface area contributed by atoms with Crippen LogP contribution in [0.5, 0.6) is 0 Å². The third-order valence-electron chi connectivity index (χ3n) is 1.43. The second kappa shape index (κ2) is 3.30. The minimum atomic E-state index is -0.148. The summed E-state index contributed by atoms with van der Waals surface area (Å²) in [5.74, 6) is 0. The Hall–Kier alpha value is -0.780. The van der Waals surface area contributed by atoms with Gasteiger partial charge in [0.25, 0.3) is 0 Å². The molecule has 0 spiro atoms. The summed E-state index contributed by atoms with van der Waals surface area (Å²) in [6.07, 6.45) is 3.51. The Morgan fingerprint density at radius 2 is 1.58 bits per heavy atom. The fraction of sp³-hybridized carbons (Fsp3) is 0.143. The molecule has 3 nitrogen and oxygen atoms in total. The van der Waals surface area contributed by atoms with Crippen molar-refractivity contribution in [1.29, 1.82) is 0 Å². The van der Waals surface area contributed by atoms with Gasteiger partial charge < -0.3 is 5.73 Å². The van der Waals surface area contributed by atoms with Crippen molar-refractivity contribution in [2.45, 2.75) is 6.04 Å². The molecule has 0 aliphatic carbocycles. The molecule has 0 saturated carbocycles. The molecule has 62 valence electrons. The van der Waals surface area contributed by atoms with Gasteiger partial charge in [0.1, 0.15) is 16.1 Å². The van der Waals surface area contributed by atoms with Crippen LogP contribution in [-0.2, 0) is 0 Å². The molecule has 0 atom stereocenters. The maximum Gasteiger partial charge on any atom is 0.116 e. The van der Waals surface area contributed by atoms with Crippen molar-refractivity contribution < 1.29 is 0 Å². The zero-order valence-corrected chi connectivity index (χ0v) is 7.81. The van der Waals surface area contributed by atoms with Crippen LogP contribution in [-0.4, -0.2) is 9.97 Å². The highest BCUT2D eigenvalue weighted by Gasteiger charge is 2.12. The van der Waals surface area contributed by atoms with Gasteiger partial charge in [-0.25, -0.2) is 9.97 Å². The van der Waals surface area contributed by atoms with Crippen LogP contribution in [0.1, 0.15) is 16.1 Å². The fourth-order valence-electron chi connectivity index (χ4n) is 0.882. The van der Waals surface area contributed by atoms with Crippen LogP contribution in [0.25, 0.3) is 0 Å². The van der Waals surface area contributed by atoms with Crippen molar-refractivity contribution in [3.05, 3.63) is 33.2 Å². The molecule has 0 radical (unpaired) electrons. The third-order valence-corrected chi connectivity index (χ3v) is 3.15. The number of thiazole rings is 2. The van der Waals surface area contributed by atoms with Gasteiger partial charge in [-0.2, -0.15) is 0 Å². The number of aromatic nitrogens is 2. The Morgan fingerprint density at radius 3 is 1.92 bits per heavy atom. The molecule has 0 fully saturated rings. The largest absolute Gasteiger partial charge is 0.316 e. The normalized spacial score (nSPS) is 10.8. The van der Waals surface area contributed by atoms with Crippen molar-refractivity contribution in [3.63, 3.8) is 0 Å². The van der Waals surface area contributed by atoms with E-state index in [0.717, 1.165) is 10.0 Å². The van der Waals surface area contributed by atoms with E-state index in [9.17, 15) is 0 Å². The highest BCUT2D eigenvalue weighted by Crippen LogP contribution is 2.22. The maximum atomic E-state index is 5.90. The van der Waals surface area contributed by atoms with E-state index in [1.165, 1.54) is 0 Å². The standard InChI is InChI=1S/C7H7N3S2/c8-5(6-9-1-3-11-6)7-10-2-4-12-7/h1-5H,8H2. The molecule has 0 bridgehead atoms. The summed E-state index contributed by atoms with van der Waals surface area (Å²) in [6.45, 7) is 0. The van der Waals surface area contributed by atoms with Crippen molar-refractivity contribution in [1.82, 2.24) is 9.97 Å². The molecule has 2 rings (SSSR count). The van der Waals surface area contributed by atoms with Crippen molar-refractivity contribution >= 4 is 22.7 Å². The van der Waals surface area contributed by atoms with Crippen LogP contribution < -0.4 is 5.73 Å². The van der Waals surface area contributed by atoms with Gasteiger partial charge in [0.2, 0.25) is 0 Å². The second-order valence-corrected chi connectivity index (χ2v) is 4.07. The predicted octanol–water partition coefficient (Wildman–Crippen LogP) is 1.65. The molecule has 0 unspecified atom stereocenters. The van der Waals surface area contributed by atoms with E-state index in [4.69, 9.17) is 5.73 Å². The minimum absolute atomic E-state index is 0.148. The SMILES string of the molecule is NC(c1nccs1)c1nccs1. The molecular formula is C7H7N3S2. The van der Waals surface area contributed by atoms with Crippen LogP contribution in [0, 0.1) is 0 Å². The number of rotatable bonds is 2. The second-order valence-electron chi connectivity index (χ2n) is 2.22. The first-order chi connectivity index (χ1) is 5.88. The molecule has 5 heteroatoms. The van der Waals surface area contributed by atoms with Crippen LogP contribution in [0.3, 0.4) is 0 Å². The lowest BCUT2D eigenvalue weighted by Gasteiger charge is -2.02. The van der Waals surface area contributed by atoms with Crippen LogP contribution >= 0.6 is 22.7 Å². The van der Waals surface area contributed by atoms with Gasteiger partial charge in [0.05, 0.1) is 0 Å². The molecular weight excluding hydrogens is 190 g/mol. The van der Waals surface area contributed by atoms with E-state index < -0.39 is 0 Å². The Bertz CT molecular complexity index is 293. The first-order valence-corrected chi connectivity index (χ1v) is 5.18. The fourth-order valence-corrected chi connectivity index (χ4v) is 2.24. The highest BCUT2D eigenvalue weighted by atomic mass is 32.1.